The van der Waals surface area contributed by atoms with Crippen LogP contribution in [-0.4, -0.2) is 59.1 Å². The van der Waals surface area contributed by atoms with Gasteiger partial charge in [-0.15, -0.1) is 16.7 Å². The maximum absolute atomic E-state index is 13.0. The van der Waals surface area contributed by atoms with Gasteiger partial charge in [-0.2, -0.15) is 0 Å². The standard InChI is InChI=1S/C23H25ClN6O3/c1-30-18-13-16(25-11-5-10-24)8-9-19(18)33-14-17(23(30)32)26-22(31)21-27-20(28-29-21)12-15-6-3-2-4-7-15/h2-4,6-9,13,17,25H,5,10-12,14H2,1H3,(H,26,31)(H,27,28,29)/t17-/m1/s1. The van der Waals surface area contributed by atoms with Gasteiger partial charge in [0.2, 0.25) is 5.82 Å². The molecular formula is C23H25ClN6O3. The molecule has 3 aromatic rings. The van der Waals surface area contributed by atoms with Crippen molar-refractivity contribution in [2.75, 3.05) is 36.3 Å². The number of anilines is 2. The van der Waals surface area contributed by atoms with E-state index in [9.17, 15) is 9.59 Å². The summed E-state index contributed by atoms with van der Waals surface area (Å²) in [5.41, 5.74) is 2.52. The van der Waals surface area contributed by atoms with Crippen molar-refractivity contribution in [3.05, 3.63) is 65.7 Å². The molecule has 1 aliphatic rings. The molecule has 0 aliphatic carbocycles. The molecule has 1 aromatic heterocycles. The van der Waals surface area contributed by atoms with E-state index in [2.05, 4.69) is 25.8 Å². The summed E-state index contributed by atoms with van der Waals surface area (Å²) in [5.74, 6) is 0.834. The SMILES string of the molecule is CN1C(=O)[C@H](NC(=O)c2n[nH]c(Cc3ccccc3)n2)COc2ccc(NCCCCl)cc21. The van der Waals surface area contributed by atoms with Crippen LogP contribution >= 0.6 is 11.6 Å². The van der Waals surface area contributed by atoms with Crippen molar-refractivity contribution in [2.45, 2.75) is 18.9 Å². The second kappa shape index (κ2) is 10.4. The molecule has 0 bridgehead atoms. The van der Waals surface area contributed by atoms with Gasteiger partial charge in [0.1, 0.15) is 24.2 Å². The van der Waals surface area contributed by atoms with E-state index in [4.69, 9.17) is 16.3 Å². The van der Waals surface area contributed by atoms with E-state index in [1.54, 1.807) is 13.1 Å². The molecule has 33 heavy (non-hydrogen) atoms. The quantitative estimate of drug-likeness (QED) is 0.346. The summed E-state index contributed by atoms with van der Waals surface area (Å²) >= 11 is 5.73. The monoisotopic (exact) mass is 468 g/mol. The van der Waals surface area contributed by atoms with Gasteiger partial charge in [-0.05, 0) is 30.2 Å². The Bertz CT molecular complexity index is 1120. The summed E-state index contributed by atoms with van der Waals surface area (Å²) in [6.07, 6.45) is 1.35. The Hall–Kier alpha value is -3.59. The third-order valence-corrected chi connectivity index (χ3v) is 5.52. The third-order valence-electron chi connectivity index (χ3n) is 5.25. The molecule has 2 amide bonds. The van der Waals surface area contributed by atoms with E-state index in [-0.39, 0.29) is 18.3 Å². The molecule has 3 N–H and O–H groups in total. The second-order valence-corrected chi connectivity index (χ2v) is 8.03. The van der Waals surface area contributed by atoms with Gasteiger partial charge in [0.15, 0.2) is 0 Å². The molecule has 172 valence electrons. The minimum Gasteiger partial charge on any atom is -0.489 e. The first-order chi connectivity index (χ1) is 16.0. The molecule has 2 aromatic carbocycles. The highest BCUT2D eigenvalue weighted by atomic mass is 35.5. The maximum Gasteiger partial charge on any atom is 0.291 e. The Morgan fingerprint density at radius 2 is 2.09 bits per heavy atom. The number of fused-ring (bicyclic) bond motifs is 1. The lowest BCUT2D eigenvalue weighted by molar-refractivity contribution is -0.120. The summed E-state index contributed by atoms with van der Waals surface area (Å²) in [6, 6.07) is 14.4. The highest BCUT2D eigenvalue weighted by Crippen LogP contribution is 2.33. The molecule has 4 rings (SSSR count). The van der Waals surface area contributed by atoms with Gasteiger partial charge >= 0.3 is 0 Å². The number of hydrogen-bond donors (Lipinski definition) is 3. The number of hydrogen-bond acceptors (Lipinski definition) is 6. The Labute approximate surface area is 196 Å². The van der Waals surface area contributed by atoms with E-state index < -0.39 is 11.9 Å². The van der Waals surface area contributed by atoms with E-state index in [0.717, 1.165) is 24.2 Å². The van der Waals surface area contributed by atoms with Crippen LogP contribution in [0.3, 0.4) is 0 Å². The molecule has 1 aliphatic heterocycles. The van der Waals surface area contributed by atoms with Gasteiger partial charge in [0.25, 0.3) is 11.8 Å². The Morgan fingerprint density at radius 1 is 1.27 bits per heavy atom. The molecular weight excluding hydrogens is 444 g/mol. The molecule has 10 heteroatoms. The first-order valence-electron chi connectivity index (χ1n) is 10.7. The fourth-order valence-electron chi connectivity index (χ4n) is 3.50. The number of nitrogens with zero attached hydrogens (tertiary/aromatic N) is 3. The van der Waals surface area contributed by atoms with Crippen LogP contribution in [0.2, 0.25) is 0 Å². The Balaban J connectivity index is 1.41. The molecule has 0 fully saturated rings. The van der Waals surface area contributed by atoms with Crippen LogP contribution in [0, 0.1) is 0 Å². The number of aromatic nitrogens is 3. The smallest absolute Gasteiger partial charge is 0.291 e. The lowest BCUT2D eigenvalue weighted by Gasteiger charge is -2.20. The molecule has 2 heterocycles. The minimum atomic E-state index is -0.876. The van der Waals surface area contributed by atoms with Gasteiger partial charge in [0, 0.05) is 31.6 Å². The second-order valence-electron chi connectivity index (χ2n) is 7.65. The summed E-state index contributed by atoms with van der Waals surface area (Å²) in [5, 5.41) is 12.7. The van der Waals surface area contributed by atoms with Gasteiger partial charge in [-0.25, -0.2) is 4.98 Å². The van der Waals surface area contributed by atoms with Crippen LogP contribution in [0.15, 0.2) is 48.5 Å². The van der Waals surface area contributed by atoms with Crippen molar-refractivity contribution >= 4 is 34.8 Å². The zero-order valence-electron chi connectivity index (χ0n) is 18.2. The Morgan fingerprint density at radius 3 is 2.88 bits per heavy atom. The molecule has 0 unspecified atom stereocenters. The number of likely N-dealkylation sites (N-methyl/N-ethyl adjacent to an activating group) is 1. The lowest BCUT2D eigenvalue weighted by Crippen LogP contribution is -2.49. The van der Waals surface area contributed by atoms with Crippen molar-refractivity contribution < 1.29 is 14.3 Å². The average Bonchev–Trinajstić information content (AvgIpc) is 3.26. The fraction of sp³-hybridized carbons (Fsp3) is 0.304. The highest BCUT2D eigenvalue weighted by molar-refractivity contribution is 6.17. The van der Waals surface area contributed by atoms with Crippen LogP contribution in [0.25, 0.3) is 0 Å². The molecule has 0 saturated heterocycles. The van der Waals surface area contributed by atoms with Crippen LogP contribution in [0.5, 0.6) is 5.75 Å². The Kier molecular flexibility index (Phi) is 7.09. The van der Waals surface area contributed by atoms with Crippen molar-refractivity contribution in [3.63, 3.8) is 0 Å². The van der Waals surface area contributed by atoms with Gasteiger partial charge in [-0.1, -0.05) is 30.3 Å². The highest BCUT2D eigenvalue weighted by Gasteiger charge is 2.31. The van der Waals surface area contributed by atoms with E-state index >= 15 is 0 Å². The summed E-state index contributed by atoms with van der Waals surface area (Å²) in [4.78, 5) is 31.5. The summed E-state index contributed by atoms with van der Waals surface area (Å²) in [6.45, 7) is 0.727. The van der Waals surface area contributed by atoms with Crippen molar-refractivity contribution in [3.8, 4) is 5.75 Å². The van der Waals surface area contributed by atoms with Crippen LogP contribution < -0.4 is 20.3 Å². The number of rotatable bonds is 8. The first kappa shape index (κ1) is 22.6. The molecule has 9 nitrogen and oxygen atoms in total. The van der Waals surface area contributed by atoms with E-state index in [1.807, 2.05) is 42.5 Å². The number of carbonyl (C=O) groups excluding carboxylic acids is 2. The van der Waals surface area contributed by atoms with Gasteiger partial charge in [-0.3, -0.25) is 14.7 Å². The zero-order chi connectivity index (χ0) is 23.2. The molecule has 0 spiro atoms. The van der Waals surface area contributed by atoms with Crippen molar-refractivity contribution in [2.24, 2.45) is 0 Å². The number of alkyl halides is 1. The van der Waals surface area contributed by atoms with Crippen LogP contribution in [0.1, 0.15) is 28.4 Å². The number of nitrogens with one attached hydrogen (secondary N) is 3. The first-order valence-corrected chi connectivity index (χ1v) is 11.2. The van der Waals surface area contributed by atoms with Crippen molar-refractivity contribution in [1.82, 2.24) is 20.5 Å². The third kappa shape index (κ3) is 5.43. The number of aromatic amines is 1. The average molecular weight is 469 g/mol. The largest absolute Gasteiger partial charge is 0.489 e. The molecule has 1 atom stereocenters. The van der Waals surface area contributed by atoms with Crippen LogP contribution in [-0.2, 0) is 11.2 Å². The summed E-state index contributed by atoms with van der Waals surface area (Å²) < 4.78 is 5.83. The van der Waals surface area contributed by atoms with Crippen molar-refractivity contribution in [1.29, 1.82) is 0 Å². The number of carbonyl (C=O) groups is 2. The predicted molar refractivity (Wildman–Crippen MR) is 126 cm³/mol. The predicted octanol–water partition coefficient (Wildman–Crippen LogP) is 2.59. The number of benzene rings is 2. The lowest BCUT2D eigenvalue weighted by atomic mass is 10.1. The topological polar surface area (TPSA) is 112 Å². The van der Waals surface area contributed by atoms with Gasteiger partial charge in [0.05, 0.1) is 5.69 Å². The summed E-state index contributed by atoms with van der Waals surface area (Å²) in [7, 11) is 1.66. The zero-order valence-corrected chi connectivity index (χ0v) is 18.9. The number of ether oxygens (including phenoxy) is 1. The van der Waals surface area contributed by atoms with Crippen LogP contribution in [0.4, 0.5) is 11.4 Å². The maximum atomic E-state index is 13.0. The number of H-pyrrole nitrogens is 1. The fourth-order valence-corrected chi connectivity index (χ4v) is 3.63. The van der Waals surface area contributed by atoms with Gasteiger partial charge < -0.3 is 20.3 Å². The number of amides is 2. The molecule has 0 radical (unpaired) electrons. The van der Waals surface area contributed by atoms with E-state index in [0.29, 0.717) is 29.6 Å². The van der Waals surface area contributed by atoms with E-state index in [1.165, 1.54) is 4.90 Å². The number of halogens is 1. The normalized spacial score (nSPS) is 15.4. The molecule has 0 saturated carbocycles. The minimum absolute atomic E-state index is 0.00221.